The summed E-state index contributed by atoms with van der Waals surface area (Å²) >= 11 is 0. The van der Waals surface area contributed by atoms with Crippen LogP contribution in [0.3, 0.4) is 0 Å². The van der Waals surface area contributed by atoms with E-state index in [9.17, 15) is 9.50 Å². The molecular weight excluding hydrogens is 486 g/mol. The van der Waals surface area contributed by atoms with Gasteiger partial charge in [0, 0.05) is 32.2 Å². The highest BCUT2D eigenvalue weighted by atomic mass is 127. The molecule has 1 saturated heterocycles. The fourth-order valence-electron chi connectivity index (χ4n) is 3.78. The van der Waals surface area contributed by atoms with Crippen LogP contribution in [-0.2, 0) is 6.54 Å². The standard InChI is InChI=1S/C21H33FN4O2.HI/c1-3-23-20(24-15-21(27)9-4-10-21)25-17-7-11-26(12-8-17)14-16-5-6-19(28-2)18(22)13-16;/h5-6,13,17,27H,3-4,7-12,14-15H2,1-2H3,(H2,23,24,25);1H. The third-order valence-corrected chi connectivity index (χ3v) is 5.71. The summed E-state index contributed by atoms with van der Waals surface area (Å²) in [6.45, 7) is 5.96. The predicted octanol–water partition coefficient (Wildman–Crippen LogP) is 2.89. The van der Waals surface area contributed by atoms with Crippen LogP contribution in [0, 0.1) is 5.82 Å². The third kappa shape index (κ3) is 6.96. The third-order valence-electron chi connectivity index (χ3n) is 5.71. The van der Waals surface area contributed by atoms with Crippen molar-refractivity contribution in [3.8, 4) is 5.75 Å². The molecule has 6 nitrogen and oxygen atoms in total. The van der Waals surface area contributed by atoms with Crippen LogP contribution in [0.4, 0.5) is 4.39 Å². The zero-order valence-corrected chi connectivity index (χ0v) is 19.7. The topological polar surface area (TPSA) is 69.1 Å². The number of nitrogens with one attached hydrogen (secondary N) is 2. The number of benzene rings is 1. The molecule has 0 aromatic heterocycles. The Kier molecular flexibility index (Phi) is 9.42. The van der Waals surface area contributed by atoms with Crippen molar-refractivity contribution < 1.29 is 14.2 Å². The lowest BCUT2D eigenvalue weighted by molar-refractivity contribution is -0.0236. The molecule has 1 aromatic rings. The molecule has 0 bridgehead atoms. The highest BCUT2D eigenvalue weighted by Crippen LogP contribution is 2.31. The normalized spacial score (nSPS) is 19.8. The van der Waals surface area contributed by atoms with Crippen LogP contribution in [0.1, 0.15) is 44.6 Å². The quantitative estimate of drug-likeness (QED) is 0.293. The number of rotatable bonds is 7. The van der Waals surface area contributed by atoms with Gasteiger partial charge in [0.05, 0.1) is 19.3 Å². The molecule has 29 heavy (non-hydrogen) atoms. The van der Waals surface area contributed by atoms with Crippen molar-refractivity contribution in [1.29, 1.82) is 0 Å². The number of likely N-dealkylation sites (tertiary alicyclic amines) is 1. The van der Waals surface area contributed by atoms with Crippen LogP contribution in [0.15, 0.2) is 23.2 Å². The van der Waals surface area contributed by atoms with Gasteiger partial charge in [-0.2, -0.15) is 0 Å². The number of aliphatic imine (C=N–C) groups is 1. The average Bonchev–Trinajstić information content (AvgIpc) is 2.66. The molecule has 8 heteroatoms. The fraction of sp³-hybridized carbons (Fsp3) is 0.667. The molecular formula is C21H34FIN4O2. The summed E-state index contributed by atoms with van der Waals surface area (Å²) in [4.78, 5) is 6.94. The second kappa shape index (κ2) is 11.3. The van der Waals surface area contributed by atoms with Gasteiger partial charge in [-0.1, -0.05) is 6.07 Å². The van der Waals surface area contributed by atoms with Gasteiger partial charge in [0.2, 0.25) is 0 Å². The van der Waals surface area contributed by atoms with E-state index in [1.165, 1.54) is 7.11 Å². The molecule has 1 saturated carbocycles. The summed E-state index contributed by atoms with van der Waals surface area (Å²) in [5, 5.41) is 17.0. The van der Waals surface area contributed by atoms with Gasteiger partial charge in [-0.25, -0.2) is 4.39 Å². The molecule has 164 valence electrons. The number of halogens is 2. The molecule has 1 aliphatic carbocycles. The maximum Gasteiger partial charge on any atom is 0.191 e. The lowest BCUT2D eigenvalue weighted by Crippen LogP contribution is -2.49. The molecule has 3 rings (SSSR count). The minimum atomic E-state index is -0.598. The van der Waals surface area contributed by atoms with Gasteiger partial charge in [-0.15, -0.1) is 24.0 Å². The van der Waals surface area contributed by atoms with Gasteiger partial charge >= 0.3 is 0 Å². The van der Waals surface area contributed by atoms with Gasteiger partial charge in [0.1, 0.15) is 0 Å². The van der Waals surface area contributed by atoms with Crippen molar-refractivity contribution in [3.05, 3.63) is 29.6 Å². The summed E-state index contributed by atoms with van der Waals surface area (Å²) in [5.74, 6) is 0.767. The van der Waals surface area contributed by atoms with E-state index < -0.39 is 5.60 Å². The monoisotopic (exact) mass is 520 g/mol. The summed E-state index contributed by atoms with van der Waals surface area (Å²) in [6.07, 6.45) is 4.80. The van der Waals surface area contributed by atoms with E-state index >= 15 is 0 Å². The Balaban J connectivity index is 0.00000300. The maximum atomic E-state index is 13.9. The minimum Gasteiger partial charge on any atom is -0.494 e. The number of guanidine groups is 1. The highest BCUT2D eigenvalue weighted by molar-refractivity contribution is 14.0. The number of piperidine rings is 1. The van der Waals surface area contributed by atoms with Gasteiger partial charge in [-0.05, 0) is 56.7 Å². The van der Waals surface area contributed by atoms with E-state index in [-0.39, 0.29) is 35.5 Å². The van der Waals surface area contributed by atoms with Gasteiger partial charge in [-0.3, -0.25) is 9.89 Å². The number of methoxy groups -OCH3 is 1. The molecule has 2 fully saturated rings. The zero-order chi connectivity index (χ0) is 20.0. The molecule has 1 aliphatic heterocycles. The maximum absolute atomic E-state index is 13.9. The molecule has 1 aromatic carbocycles. The molecule has 3 N–H and O–H groups in total. The molecule has 0 spiro atoms. The van der Waals surface area contributed by atoms with Crippen LogP contribution in [0.5, 0.6) is 5.75 Å². The molecule has 0 unspecified atom stereocenters. The van der Waals surface area contributed by atoms with Crippen molar-refractivity contribution in [2.24, 2.45) is 4.99 Å². The molecule has 1 heterocycles. The van der Waals surface area contributed by atoms with E-state index in [0.717, 1.165) is 69.8 Å². The average molecular weight is 520 g/mol. The Morgan fingerprint density at radius 1 is 1.34 bits per heavy atom. The number of nitrogens with zero attached hydrogens (tertiary/aromatic N) is 2. The highest BCUT2D eigenvalue weighted by Gasteiger charge is 2.34. The SMILES string of the molecule is CCNC(=NCC1(O)CCC1)NC1CCN(Cc2ccc(OC)c(F)c2)CC1.I. The summed E-state index contributed by atoms with van der Waals surface area (Å²) in [6, 6.07) is 5.53. The van der Waals surface area contributed by atoms with E-state index in [2.05, 4.69) is 20.5 Å². The minimum absolute atomic E-state index is 0. The van der Waals surface area contributed by atoms with Gasteiger partial charge in [0.25, 0.3) is 0 Å². The summed E-state index contributed by atoms with van der Waals surface area (Å²) < 4.78 is 18.9. The van der Waals surface area contributed by atoms with Crippen LogP contribution in [-0.4, -0.2) is 60.9 Å². The van der Waals surface area contributed by atoms with Crippen molar-refractivity contribution in [2.75, 3.05) is 33.3 Å². The summed E-state index contributed by atoms with van der Waals surface area (Å²) in [5.41, 5.74) is 0.368. The number of hydrogen-bond acceptors (Lipinski definition) is 4. The molecule has 0 radical (unpaired) electrons. The van der Waals surface area contributed by atoms with Crippen molar-refractivity contribution >= 4 is 29.9 Å². The number of aliphatic hydroxyl groups is 1. The van der Waals surface area contributed by atoms with Gasteiger partial charge < -0.3 is 20.5 Å². The van der Waals surface area contributed by atoms with E-state index in [4.69, 9.17) is 4.74 Å². The lowest BCUT2D eigenvalue weighted by Gasteiger charge is -2.36. The van der Waals surface area contributed by atoms with E-state index in [1.54, 1.807) is 12.1 Å². The molecule has 2 aliphatic rings. The zero-order valence-electron chi connectivity index (χ0n) is 17.4. The number of hydrogen-bond donors (Lipinski definition) is 3. The Bertz CT molecular complexity index is 677. The van der Waals surface area contributed by atoms with E-state index in [0.29, 0.717) is 12.6 Å². The van der Waals surface area contributed by atoms with Gasteiger partial charge in [0.15, 0.2) is 17.5 Å². The fourth-order valence-corrected chi connectivity index (χ4v) is 3.78. The van der Waals surface area contributed by atoms with Crippen molar-refractivity contribution in [3.63, 3.8) is 0 Å². The van der Waals surface area contributed by atoms with Crippen LogP contribution in [0.2, 0.25) is 0 Å². The molecule has 0 atom stereocenters. The van der Waals surface area contributed by atoms with Crippen molar-refractivity contribution in [1.82, 2.24) is 15.5 Å². The van der Waals surface area contributed by atoms with Crippen LogP contribution in [0.25, 0.3) is 0 Å². The first-order chi connectivity index (χ1) is 13.5. The Morgan fingerprint density at radius 2 is 2.07 bits per heavy atom. The van der Waals surface area contributed by atoms with E-state index in [1.807, 2.05) is 13.0 Å². The Morgan fingerprint density at radius 3 is 2.62 bits per heavy atom. The molecule has 0 amide bonds. The first-order valence-electron chi connectivity index (χ1n) is 10.3. The van der Waals surface area contributed by atoms with Crippen LogP contribution >= 0.6 is 24.0 Å². The first-order valence-corrected chi connectivity index (χ1v) is 10.3. The Hall–Kier alpha value is -1.13. The summed E-state index contributed by atoms with van der Waals surface area (Å²) in [7, 11) is 1.48. The second-order valence-electron chi connectivity index (χ2n) is 7.94. The largest absolute Gasteiger partial charge is 0.494 e. The smallest absolute Gasteiger partial charge is 0.191 e. The Labute approximate surface area is 190 Å². The first kappa shape index (κ1) is 24.1. The van der Waals surface area contributed by atoms with Crippen LogP contribution < -0.4 is 15.4 Å². The lowest BCUT2D eigenvalue weighted by atomic mass is 9.80. The predicted molar refractivity (Wildman–Crippen MR) is 125 cm³/mol. The number of ether oxygens (including phenoxy) is 1. The second-order valence-corrected chi connectivity index (χ2v) is 7.94. The van der Waals surface area contributed by atoms with Crippen molar-refractivity contribution in [2.45, 2.75) is 57.2 Å².